The maximum Gasteiger partial charge on any atom is 0.270 e. The van der Waals surface area contributed by atoms with Crippen LogP contribution in [0.15, 0.2) is 36.4 Å². The van der Waals surface area contributed by atoms with Gasteiger partial charge in [-0.05, 0) is 36.8 Å². The summed E-state index contributed by atoms with van der Waals surface area (Å²) < 4.78 is 10.8. The van der Waals surface area contributed by atoms with E-state index in [0.717, 1.165) is 5.56 Å². The molecule has 0 bridgehead atoms. The average Bonchev–Trinajstić information content (AvgIpc) is 2.51. The molecule has 0 spiro atoms. The third-order valence-electron chi connectivity index (χ3n) is 2.89. The molecule has 2 rings (SSSR count). The van der Waals surface area contributed by atoms with Crippen LogP contribution >= 0.6 is 23.8 Å². The highest BCUT2D eigenvalue weighted by atomic mass is 35.5. The monoisotopic (exact) mass is 322 g/mol. The Morgan fingerprint density at radius 2 is 1.95 bits per heavy atom. The van der Waals surface area contributed by atoms with Crippen LogP contribution in [-0.4, -0.2) is 24.3 Å². The van der Waals surface area contributed by atoms with Crippen molar-refractivity contribution in [2.75, 3.05) is 19.1 Å². The molecule has 0 saturated heterocycles. The molecule has 110 valence electrons. The molecule has 0 fully saturated rings. The van der Waals surface area contributed by atoms with Crippen LogP contribution in [0.25, 0.3) is 0 Å². The van der Waals surface area contributed by atoms with Gasteiger partial charge in [-0.25, -0.2) is 0 Å². The first-order chi connectivity index (χ1) is 10.0. The van der Waals surface area contributed by atoms with Gasteiger partial charge in [0.15, 0.2) is 0 Å². The Bertz CT molecular complexity index is 664. The lowest BCUT2D eigenvalue weighted by Crippen LogP contribution is -2.30. The fourth-order valence-corrected chi connectivity index (χ4v) is 2.01. The van der Waals surface area contributed by atoms with Gasteiger partial charge in [0.2, 0.25) is 5.88 Å². The first-order valence-corrected chi connectivity index (χ1v) is 7.03. The first kappa shape index (κ1) is 15.5. The Morgan fingerprint density at radius 3 is 2.67 bits per heavy atom. The van der Waals surface area contributed by atoms with Crippen molar-refractivity contribution in [1.29, 1.82) is 0 Å². The van der Waals surface area contributed by atoms with Gasteiger partial charge in [-0.1, -0.05) is 29.8 Å². The van der Waals surface area contributed by atoms with Gasteiger partial charge in [-0.15, -0.1) is 0 Å². The minimum atomic E-state index is 0.253. The van der Waals surface area contributed by atoms with E-state index < -0.39 is 0 Å². The van der Waals surface area contributed by atoms with E-state index in [1.165, 1.54) is 0 Å². The number of halogens is 1. The lowest BCUT2D eigenvalue weighted by Gasteiger charge is -2.19. The van der Waals surface area contributed by atoms with Gasteiger partial charge in [-0.3, -0.25) is 4.90 Å². The van der Waals surface area contributed by atoms with E-state index >= 15 is 0 Å². The van der Waals surface area contributed by atoms with Gasteiger partial charge in [0.25, 0.3) is 5.17 Å². The number of methoxy groups -OCH3 is 1. The average molecular weight is 323 g/mol. The number of hydrogen-bond donors (Lipinski definition) is 0. The number of nitrogens with zero attached hydrogens (tertiary/aromatic N) is 2. The van der Waals surface area contributed by atoms with Crippen LogP contribution in [0.4, 0.5) is 5.82 Å². The molecule has 1 aromatic carbocycles. The van der Waals surface area contributed by atoms with E-state index in [2.05, 4.69) is 4.98 Å². The van der Waals surface area contributed by atoms with Crippen molar-refractivity contribution in [2.45, 2.75) is 6.92 Å². The van der Waals surface area contributed by atoms with Gasteiger partial charge in [-0.2, -0.15) is 4.98 Å². The third-order valence-corrected chi connectivity index (χ3v) is 3.73. The van der Waals surface area contributed by atoms with Crippen LogP contribution in [-0.2, 0) is 0 Å². The topological polar surface area (TPSA) is 34.6 Å². The summed E-state index contributed by atoms with van der Waals surface area (Å²) in [5.74, 6) is 1.66. The number of ether oxygens (including phenoxy) is 2. The molecule has 0 atom stereocenters. The van der Waals surface area contributed by atoms with Crippen LogP contribution in [0.2, 0.25) is 5.02 Å². The standard InChI is InChI=1S/C15H15ClN2O2S/c1-10-6-4-7-11(14(10)16)20-15(21)18(2)12-8-5-9-13(17-12)19-3/h4-9H,1-3H3. The van der Waals surface area contributed by atoms with Crippen molar-refractivity contribution in [1.82, 2.24) is 4.98 Å². The van der Waals surface area contributed by atoms with Crippen LogP contribution in [0.3, 0.4) is 0 Å². The fourth-order valence-electron chi connectivity index (χ4n) is 1.66. The smallest absolute Gasteiger partial charge is 0.270 e. The number of aromatic nitrogens is 1. The summed E-state index contributed by atoms with van der Waals surface area (Å²) in [5, 5.41) is 0.801. The van der Waals surface area contributed by atoms with E-state index in [4.69, 9.17) is 33.3 Å². The Balaban J connectivity index is 2.17. The molecule has 0 aliphatic heterocycles. The Labute approximate surface area is 134 Å². The molecular formula is C15H15ClN2O2S. The number of hydrogen-bond acceptors (Lipinski definition) is 4. The predicted octanol–water partition coefficient (Wildman–Crippen LogP) is 3.85. The van der Waals surface area contributed by atoms with Crippen LogP contribution in [0.5, 0.6) is 11.6 Å². The zero-order valence-electron chi connectivity index (χ0n) is 12.0. The summed E-state index contributed by atoms with van der Waals surface area (Å²) in [4.78, 5) is 5.95. The summed E-state index contributed by atoms with van der Waals surface area (Å²) in [6.07, 6.45) is 0. The van der Waals surface area contributed by atoms with Gasteiger partial charge in [0.05, 0.1) is 12.1 Å². The first-order valence-electron chi connectivity index (χ1n) is 6.24. The van der Waals surface area contributed by atoms with Crippen molar-refractivity contribution in [2.24, 2.45) is 0 Å². The van der Waals surface area contributed by atoms with Gasteiger partial charge >= 0.3 is 0 Å². The fraction of sp³-hybridized carbons (Fsp3) is 0.200. The highest BCUT2D eigenvalue weighted by molar-refractivity contribution is 7.80. The second kappa shape index (κ2) is 6.74. The molecular weight excluding hydrogens is 308 g/mol. The Hall–Kier alpha value is -1.85. The molecule has 0 amide bonds. The zero-order chi connectivity index (χ0) is 15.4. The van der Waals surface area contributed by atoms with Crippen LogP contribution < -0.4 is 14.4 Å². The van der Waals surface area contributed by atoms with E-state index in [0.29, 0.717) is 22.5 Å². The minimum absolute atomic E-state index is 0.253. The largest absolute Gasteiger partial charge is 0.481 e. The van der Waals surface area contributed by atoms with E-state index in [1.807, 2.05) is 31.2 Å². The summed E-state index contributed by atoms with van der Waals surface area (Å²) in [5.41, 5.74) is 0.930. The van der Waals surface area contributed by atoms with Crippen LogP contribution in [0.1, 0.15) is 5.56 Å². The third kappa shape index (κ3) is 3.62. The quantitative estimate of drug-likeness (QED) is 0.802. The number of aryl methyl sites for hydroxylation is 1. The van der Waals surface area contributed by atoms with E-state index in [-0.39, 0.29) is 5.17 Å². The second-order valence-electron chi connectivity index (χ2n) is 4.35. The Kier molecular flexibility index (Phi) is 4.98. The molecule has 0 N–H and O–H groups in total. The summed E-state index contributed by atoms with van der Waals surface area (Å²) >= 11 is 11.5. The molecule has 6 heteroatoms. The molecule has 0 aliphatic carbocycles. The second-order valence-corrected chi connectivity index (χ2v) is 5.08. The minimum Gasteiger partial charge on any atom is -0.481 e. The lowest BCUT2D eigenvalue weighted by molar-refractivity contribution is 0.398. The summed E-state index contributed by atoms with van der Waals surface area (Å²) in [7, 11) is 3.33. The molecule has 0 saturated carbocycles. The molecule has 21 heavy (non-hydrogen) atoms. The molecule has 1 aromatic heterocycles. The summed E-state index contributed by atoms with van der Waals surface area (Å²) in [6, 6.07) is 11.0. The number of anilines is 1. The molecule has 0 unspecified atom stereocenters. The van der Waals surface area contributed by atoms with Crippen LogP contribution in [0, 0.1) is 6.92 Å². The summed E-state index contributed by atoms with van der Waals surface area (Å²) in [6.45, 7) is 1.91. The highest BCUT2D eigenvalue weighted by Gasteiger charge is 2.13. The van der Waals surface area contributed by atoms with E-state index in [9.17, 15) is 0 Å². The number of rotatable bonds is 3. The van der Waals surface area contributed by atoms with Crippen molar-refractivity contribution in [3.63, 3.8) is 0 Å². The molecule has 1 heterocycles. The maximum atomic E-state index is 6.20. The van der Waals surface area contributed by atoms with Crippen molar-refractivity contribution in [3.8, 4) is 11.6 Å². The van der Waals surface area contributed by atoms with Gasteiger partial charge < -0.3 is 9.47 Å². The van der Waals surface area contributed by atoms with E-state index in [1.54, 1.807) is 31.2 Å². The highest BCUT2D eigenvalue weighted by Crippen LogP contribution is 2.28. The molecule has 0 radical (unpaired) electrons. The van der Waals surface area contributed by atoms with Crippen molar-refractivity contribution >= 4 is 34.8 Å². The number of thiocarbonyl (C=S) groups is 1. The SMILES string of the molecule is COc1cccc(N(C)C(=S)Oc2cccc(C)c2Cl)n1. The van der Waals surface area contributed by atoms with Crippen molar-refractivity contribution in [3.05, 3.63) is 47.0 Å². The molecule has 0 aliphatic rings. The van der Waals surface area contributed by atoms with Crippen molar-refractivity contribution < 1.29 is 9.47 Å². The maximum absolute atomic E-state index is 6.20. The normalized spacial score (nSPS) is 10.1. The molecule has 4 nitrogen and oxygen atoms in total. The lowest BCUT2D eigenvalue weighted by atomic mass is 10.2. The number of benzene rings is 1. The zero-order valence-corrected chi connectivity index (χ0v) is 13.5. The predicted molar refractivity (Wildman–Crippen MR) is 88.6 cm³/mol. The Morgan fingerprint density at radius 1 is 1.24 bits per heavy atom. The number of pyridine rings is 1. The van der Waals surface area contributed by atoms with Gasteiger partial charge in [0, 0.05) is 13.1 Å². The van der Waals surface area contributed by atoms with Gasteiger partial charge in [0.1, 0.15) is 11.6 Å². The molecule has 2 aromatic rings.